The van der Waals surface area contributed by atoms with Crippen LogP contribution in [-0.4, -0.2) is 17.7 Å². The van der Waals surface area contributed by atoms with Crippen molar-refractivity contribution in [1.82, 2.24) is 5.32 Å². The van der Waals surface area contributed by atoms with E-state index in [0.29, 0.717) is 0 Å². The molecule has 1 atom stereocenters. The van der Waals surface area contributed by atoms with E-state index in [1.165, 1.54) is 5.56 Å². The van der Waals surface area contributed by atoms with Crippen molar-refractivity contribution in [1.29, 1.82) is 0 Å². The van der Waals surface area contributed by atoms with E-state index in [2.05, 4.69) is 16.8 Å². The van der Waals surface area contributed by atoms with Gasteiger partial charge in [0.15, 0.2) is 0 Å². The highest BCUT2D eigenvalue weighted by atomic mass is 32.1. The lowest BCUT2D eigenvalue weighted by Crippen LogP contribution is -2.38. The summed E-state index contributed by atoms with van der Waals surface area (Å²) in [6, 6.07) is 2.15. The van der Waals surface area contributed by atoms with E-state index in [4.69, 9.17) is 4.74 Å². The molecule has 1 aromatic rings. The molecule has 0 radical (unpaired) electrons. The average Bonchev–Trinajstić information content (AvgIpc) is 2.51. The summed E-state index contributed by atoms with van der Waals surface area (Å²) < 4.78 is 5.18. The van der Waals surface area contributed by atoms with Crippen molar-refractivity contribution in [3.8, 4) is 0 Å². The van der Waals surface area contributed by atoms with Gasteiger partial charge in [-0.3, -0.25) is 0 Å². The van der Waals surface area contributed by atoms with Crippen molar-refractivity contribution >= 4 is 17.4 Å². The van der Waals surface area contributed by atoms with Crippen molar-refractivity contribution in [3.63, 3.8) is 0 Å². The normalized spacial score (nSPS) is 13.2. The van der Waals surface area contributed by atoms with E-state index in [0.717, 1.165) is 6.42 Å². The summed E-state index contributed by atoms with van der Waals surface area (Å²) in [7, 11) is 0. The number of thiophene rings is 1. The van der Waals surface area contributed by atoms with E-state index in [9.17, 15) is 4.79 Å². The molecule has 1 unspecified atom stereocenters. The van der Waals surface area contributed by atoms with Crippen LogP contribution >= 0.6 is 11.3 Å². The molecular formula is C12H19NO2S. The largest absolute Gasteiger partial charge is 0.444 e. The van der Waals surface area contributed by atoms with Crippen LogP contribution in [0.5, 0.6) is 0 Å². The topological polar surface area (TPSA) is 38.3 Å². The smallest absolute Gasteiger partial charge is 0.407 e. The SMILES string of the molecule is CC(Cc1ccsc1)NC(=O)OC(C)(C)C. The second-order valence-corrected chi connectivity index (χ2v) is 5.66. The Labute approximate surface area is 101 Å². The molecule has 0 aromatic carbocycles. The number of alkyl carbamates (subject to hydrolysis) is 1. The Hall–Kier alpha value is -1.03. The first-order valence-electron chi connectivity index (χ1n) is 5.37. The molecule has 0 saturated carbocycles. The van der Waals surface area contributed by atoms with Crippen LogP contribution in [0.2, 0.25) is 0 Å². The molecule has 16 heavy (non-hydrogen) atoms. The third kappa shape index (κ3) is 5.16. The van der Waals surface area contributed by atoms with Crippen LogP contribution < -0.4 is 5.32 Å². The standard InChI is InChI=1S/C12H19NO2S/c1-9(7-10-5-6-16-8-10)13-11(14)15-12(2,3)4/h5-6,8-9H,7H2,1-4H3,(H,13,14). The van der Waals surface area contributed by atoms with Gasteiger partial charge in [-0.25, -0.2) is 4.79 Å². The van der Waals surface area contributed by atoms with E-state index in [1.54, 1.807) is 11.3 Å². The van der Waals surface area contributed by atoms with Crippen LogP contribution in [0, 0.1) is 0 Å². The van der Waals surface area contributed by atoms with Crippen LogP contribution in [-0.2, 0) is 11.2 Å². The summed E-state index contributed by atoms with van der Waals surface area (Å²) in [5.74, 6) is 0. The fourth-order valence-electron chi connectivity index (χ4n) is 1.32. The van der Waals surface area contributed by atoms with Crippen LogP contribution in [0.4, 0.5) is 4.79 Å². The first kappa shape index (κ1) is 13.0. The van der Waals surface area contributed by atoms with Gasteiger partial charge in [0.2, 0.25) is 0 Å². The van der Waals surface area contributed by atoms with E-state index in [-0.39, 0.29) is 12.1 Å². The number of rotatable bonds is 3. The molecule has 1 amide bonds. The molecule has 3 nitrogen and oxygen atoms in total. The molecule has 1 heterocycles. The summed E-state index contributed by atoms with van der Waals surface area (Å²) >= 11 is 1.67. The Morgan fingerprint density at radius 3 is 2.75 bits per heavy atom. The maximum atomic E-state index is 11.5. The molecule has 0 fully saturated rings. The van der Waals surface area contributed by atoms with Gasteiger partial charge in [0.05, 0.1) is 0 Å². The lowest BCUT2D eigenvalue weighted by molar-refractivity contribution is 0.0508. The van der Waals surface area contributed by atoms with Crippen LogP contribution in [0.3, 0.4) is 0 Å². The summed E-state index contributed by atoms with van der Waals surface area (Å²) in [4.78, 5) is 11.5. The van der Waals surface area contributed by atoms with Crippen LogP contribution in [0.1, 0.15) is 33.3 Å². The average molecular weight is 241 g/mol. The summed E-state index contributed by atoms with van der Waals surface area (Å²) in [5.41, 5.74) is 0.806. The molecule has 0 spiro atoms. The molecule has 0 aliphatic heterocycles. The molecule has 90 valence electrons. The predicted molar refractivity (Wildman–Crippen MR) is 66.9 cm³/mol. The fraction of sp³-hybridized carbons (Fsp3) is 0.583. The van der Waals surface area contributed by atoms with Gasteiger partial charge in [-0.15, -0.1) is 0 Å². The zero-order valence-corrected chi connectivity index (χ0v) is 11.1. The quantitative estimate of drug-likeness (QED) is 0.882. The Kier molecular flexibility index (Phi) is 4.35. The maximum Gasteiger partial charge on any atom is 0.407 e. The number of carbonyl (C=O) groups is 1. The number of hydrogen-bond donors (Lipinski definition) is 1. The van der Waals surface area contributed by atoms with Crippen LogP contribution in [0.15, 0.2) is 16.8 Å². The summed E-state index contributed by atoms with van der Waals surface area (Å²) in [6.45, 7) is 7.55. The fourth-order valence-corrected chi connectivity index (χ4v) is 2.00. The monoisotopic (exact) mass is 241 g/mol. The first-order valence-corrected chi connectivity index (χ1v) is 6.32. The van der Waals surface area contributed by atoms with Gasteiger partial charge < -0.3 is 10.1 Å². The molecule has 0 aliphatic rings. The van der Waals surface area contributed by atoms with Gasteiger partial charge in [-0.2, -0.15) is 11.3 Å². The summed E-state index contributed by atoms with van der Waals surface area (Å²) in [5, 5.41) is 6.95. The molecule has 0 bridgehead atoms. The second kappa shape index (κ2) is 5.34. The molecule has 1 rings (SSSR count). The number of ether oxygens (including phenoxy) is 1. The molecule has 1 aromatic heterocycles. The molecule has 4 heteroatoms. The number of carbonyl (C=O) groups excluding carboxylic acids is 1. The number of hydrogen-bond acceptors (Lipinski definition) is 3. The minimum atomic E-state index is -0.438. The second-order valence-electron chi connectivity index (χ2n) is 4.88. The Morgan fingerprint density at radius 1 is 1.56 bits per heavy atom. The van der Waals surface area contributed by atoms with Crippen molar-refractivity contribution in [2.24, 2.45) is 0 Å². The minimum absolute atomic E-state index is 0.0875. The highest BCUT2D eigenvalue weighted by Gasteiger charge is 2.17. The van der Waals surface area contributed by atoms with Crippen molar-refractivity contribution in [2.45, 2.75) is 45.8 Å². The third-order valence-electron chi connectivity index (χ3n) is 1.89. The zero-order valence-electron chi connectivity index (χ0n) is 10.2. The lowest BCUT2D eigenvalue weighted by atomic mass is 10.1. The highest BCUT2D eigenvalue weighted by molar-refractivity contribution is 7.07. The van der Waals surface area contributed by atoms with Crippen molar-refractivity contribution in [3.05, 3.63) is 22.4 Å². The van der Waals surface area contributed by atoms with Gasteiger partial charge >= 0.3 is 6.09 Å². The Bertz CT molecular complexity index is 327. The van der Waals surface area contributed by atoms with Gasteiger partial charge in [0, 0.05) is 6.04 Å². The van der Waals surface area contributed by atoms with Crippen molar-refractivity contribution in [2.75, 3.05) is 0 Å². The molecular weight excluding hydrogens is 222 g/mol. The van der Waals surface area contributed by atoms with Crippen LogP contribution in [0.25, 0.3) is 0 Å². The predicted octanol–water partition coefficient (Wildman–Crippen LogP) is 3.20. The first-order chi connectivity index (χ1) is 7.37. The Balaban J connectivity index is 2.34. The summed E-state index contributed by atoms with van der Waals surface area (Å²) in [6.07, 6.45) is 0.484. The maximum absolute atomic E-state index is 11.5. The molecule has 0 saturated heterocycles. The van der Waals surface area contributed by atoms with Gasteiger partial charge in [-0.05, 0) is 56.5 Å². The van der Waals surface area contributed by atoms with E-state index < -0.39 is 5.60 Å². The third-order valence-corrected chi connectivity index (χ3v) is 2.62. The van der Waals surface area contributed by atoms with E-state index >= 15 is 0 Å². The minimum Gasteiger partial charge on any atom is -0.444 e. The molecule has 0 aliphatic carbocycles. The Morgan fingerprint density at radius 2 is 2.25 bits per heavy atom. The lowest BCUT2D eigenvalue weighted by Gasteiger charge is -2.21. The molecule has 1 N–H and O–H groups in total. The number of amides is 1. The number of nitrogens with one attached hydrogen (secondary N) is 1. The zero-order chi connectivity index (χ0) is 12.2. The van der Waals surface area contributed by atoms with Gasteiger partial charge in [0.25, 0.3) is 0 Å². The van der Waals surface area contributed by atoms with E-state index in [1.807, 2.05) is 33.1 Å². The van der Waals surface area contributed by atoms with Gasteiger partial charge in [-0.1, -0.05) is 0 Å². The van der Waals surface area contributed by atoms with Gasteiger partial charge in [0.1, 0.15) is 5.60 Å². The highest BCUT2D eigenvalue weighted by Crippen LogP contribution is 2.10. The van der Waals surface area contributed by atoms with Crippen molar-refractivity contribution < 1.29 is 9.53 Å².